The average Bonchev–Trinajstić information content (AvgIpc) is 3.14. The number of benzene rings is 1. The van der Waals surface area contributed by atoms with Crippen LogP contribution >= 0.6 is 23.1 Å². The number of aromatic nitrogens is 3. The fourth-order valence-corrected chi connectivity index (χ4v) is 4.45. The highest BCUT2D eigenvalue weighted by Gasteiger charge is 2.31. The maximum Gasteiger partial charge on any atom is 0.269 e. The van der Waals surface area contributed by atoms with Crippen molar-refractivity contribution in [2.75, 3.05) is 0 Å². The van der Waals surface area contributed by atoms with Crippen molar-refractivity contribution < 1.29 is 4.92 Å². The van der Waals surface area contributed by atoms with Gasteiger partial charge < -0.3 is 0 Å². The van der Waals surface area contributed by atoms with E-state index in [1.807, 2.05) is 24.4 Å². The molecule has 0 amide bonds. The Labute approximate surface area is 153 Å². The van der Waals surface area contributed by atoms with Gasteiger partial charge in [-0.1, -0.05) is 30.0 Å². The van der Waals surface area contributed by atoms with Crippen LogP contribution in [0, 0.1) is 10.1 Å². The summed E-state index contributed by atoms with van der Waals surface area (Å²) >= 11 is 3.26. The van der Waals surface area contributed by atoms with Gasteiger partial charge in [0.25, 0.3) is 5.69 Å². The van der Waals surface area contributed by atoms with Gasteiger partial charge >= 0.3 is 0 Å². The summed E-state index contributed by atoms with van der Waals surface area (Å²) in [6, 6.07) is 11.3. The van der Waals surface area contributed by atoms with Crippen molar-refractivity contribution in [1.29, 1.82) is 0 Å². The van der Waals surface area contributed by atoms with E-state index >= 15 is 0 Å². The number of nitro groups is 1. The molecule has 1 aliphatic carbocycles. The fraction of sp³-hybridized carbons (Fsp3) is 0.294. The van der Waals surface area contributed by atoms with Crippen LogP contribution in [0.5, 0.6) is 0 Å². The fourth-order valence-electron chi connectivity index (χ4n) is 2.71. The molecule has 0 bridgehead atoms. The topological polar surface area (TPSA) is 73.8 Å². The van der Waals surface area contributed by atoms with Crippen LogP contribution < -0.4 is 0 Å². The molecule has 3 aromatic rings. The van der Waals surface area contributed by atoms with Gasteiger partial charge in [0, 0.05) is 23.4 Å². The minimum Gasteiger partial charge on any atom is -0.298 e. The summed E-state index contributed by atoms with van der Waals surface area (Å²) in [5, 5.41) is 22.8. The van der Waals surface area contributed by atoms with Gasteiger partial charge in [-0.2, -0.15) is 0 Å². The molecule has 6 nitrogen and oxygen atoms in total. The quantitative estimate of drug-likeness (QED) is 0.342. The van der Waals surface area contributed by atoms with E-state index in [0.717, 1.165) is 34.3 Å². The van der Waals surface area contributed by atoms with E-state index in [4.69, 9.17) is 0 Å². The standard InChI is InChI=1S/C17H16N4O2S2/c1-11(12-4-2-5-14(10-12)21(22)23)25-17-19-18-16(15-6-3-9-24-15)20(17)13-7-8-13/h2-6,9-11,13H,7-8H2,1H3/t11-/m1/s1. The molecule has 1 saturated carbocycles. The molecule has 1 fully saturated rings. The minimum atomic E-state index is -0.359. The zero-order chi connectivity index (χ0) is 17.4. The van der Waals surface area contributed by atoms with Gasteiger partial charge in [0.15, 0.2) is 11.0 Å². The van der Waals surface area contributed by atoms with Crippen molar-refractivity contribution >= 4 is 28.8 Å². The van der Waals surface area contributed by atoms with Crippen LogP contribution in [-0.2, 0) is 0 Å². The molecule has 2 aromatic heterocycles. The van der Waals surface area contributed by atoms with Crippen molar-refractivity contribution in [2.45, 2.75) is 36.2 Å². The third-order valence-electron chi connectivity index (χ3n) is 4.15. The number of hydrogen-bond acceptors (Lipinski definition) is 6. The molecule has 1 aromatic carbocycles. The van der Waals surface area contributed by atoms with E-state index < -0.39 is 0 Å². The summed E-state index contributed by atoms with van der Waals surface area (Å²) in [6.45, 7) is 2.04. The van der Waals surface area contributed by atoms with Crippen molar-refractivity contribution in [3.05, 3.63) is 57.5 Å². The van der Waals surface area contributed by atoms with Gasteiger partial charge in [-0.3, -0.25) is 14.7 Å². The first-order valence-corrected chi connectivity index (χ1v) is 9.79. The summed E-state index contributed by atoms with van der Waals surface area (Å²) in [5.74, 6) is 0.922. The molecule has 4 rings (SSSR count). The predicted molar refractivity (Wildman–Crippen MR) is 99.0 cm³/mol. The first-order valence-electron chi connectivity index (χ1n) is 8.03. The maximum absolute atomic E-state index is 11.0. The van der Waals surface area contributed by atoms with E-state index in [1.54, 1.807) is 35.2 Å². The molecule has 25 heavy (non-hydrogen) atoms. The smallest absolute Gasteiger partial charge is 0.269 e. The molecule has 1 aliphatic rings. The lowest BCUT2D eigenvalue weighted by atomic mass is 10.1. The minimum absolute atomic E-state index is 0.0535. The molecular weight excluding hydrogens is 356 g/mol. The highest BCUT2D eigenvalue weighted by Crippen LogP contribution is 2.44. The van der Waals surface area contributed by atoms with Crippen LogP contribution in [0.1, 0.15) is 36.6 Å². The van der Waals surface area contributed by atoms with Crippen molar-refractivity contribution in [3.8, 4) is 10.7 Å². The van der Waals surface area contributed by atoms with Gasteiger partial charge in [-0.05, 0) is 36.8 Å². The molecule has 8 heteroatoms. The number of rotatable bonds is 6. The lowest BCUT2D eigenvalue weighted by Gasteiger charge is -2.13. The lowest BCUT2D eigenvalue weighted by Crippen LogP contribution is -2.00. The Morgan fingerprint density at radius 3 is 2.84 bits per heavy atom. The Morgan fingerprint density at radius 1 is 1.32 bits per heavy atom. The van der Waals surface area contributed by atoms with Gasteiger partial charge in [0.2, 0.25) is 0 Å². The van der Waals surface area contributed by atoms with E-state index in [2.05, 4.69) is 20.8 Å². The normalized spacial score (nSPS) is 15.2. The second kappa shape index (κ2) is 6.61. The van der Waals surface area contributed by atoms with Crippen molar-refractivity contribution in [1.82, 2.24) is 14.8 Å². The molecule has 128 valence electrons. The molecule has 1 atom stereocenters. The summed E-state index contributed by atoms with van der Waals surface area (Å²) in [5.41, 5.74) is 1.04. The Kier molecular flexibility index (Phi) is 4.30. The highest BCUT2D eigenvalue weighted by atomic mass is 32.2. The third kappa shape index (κ3) is 3.32. The third-order valence-corrected chi connectivity index (χ3v) is 6.13. The van der Waals surface area contributed by atoms with E-state index in [-0.39, 0.29) is 15.9 Å². The van der Waals surface area contributed by atoms with Crippen LogP contribution in [0.4, 0.5) is 5.69 Å². The Morgan fingerprint density at radius 2 is 2.16 bits per heavy atom. The SMILES string of the molecule is C[C@@H](Sc1nnc(-c2cccs2)n1C1CC1)c1cccc([N+](=O)[O-])c1. The van der Waals surface area contributed by atoms with Gasteiger partial charge in [0.05, 0.1) is 9.80 Å². The Hall–Kier alpha value is -2.19. The zero-order valence-electron chi connectivity index (χ0n) is 13.5. The molecule has 2 heterocycles. The molecule has 0 spiro atoms. The maximum atomic E-state index is 11.0. The number of non-ortho nitro benzene ring substituents is 1. The van der Waals surface area contributed by atoms with Crippen LogP contribution in [0.15, 0.2) is 46.9 Å². The van der Waals surface area contributed by atoms with Gasteiger partial charge in [-0.15, -0.1) is 21.5 Å². The summed E-state index contributed by atoms with van der Waals surface area (Å²) in [6.07, 6.45) is 2.30. The molecule has 0 aliphatic heterocycles. The van der Waals surface area contributed by atoms with Gasteiger partial charge in [-0.25, -0.2) is 0 Å². The number of nitro benzene ring substituents is 1. The summed E-state index contributed by atoms with van der Waals surface area (Å²) < 4.78 is 2.23. The van der Waals surface area contributed by atoms with Gasteiger partial charge in [0.1, 0.15) is 0 Å². The Balaban J connectivity index is 1.63. The first-order chi connectivity index (χ1) is 12.1. The number of hydrogen-bond donors (Lipinski definition) is 0. The second-order valence-electron chi connectivity index (χ2n) is 6.00. The monoisotopic (exact) mass is 372 g/mol. The average molecular weight is 372 g/mol. The summed E-state index contributed by atoms with van der Waals surface area (Å²) in [4.78, 5) is 11.8. The van der Waals surface area contributed by atoms with E-state index in [0.29, 0.717) is 6.04 Å². The summed E-state index contributed by atoms with van der Waals surface area (Å²) in [7, 11) is 0. The van der Waals surface area contributed by atoms with Crippen LogP contribution in [0.3, 0.4) is 0 Å². The van der Waals surface area contributed by atoms with Crippen LogP contribution in [-0.4, -0.2) is 19.7 Å². The highest BCUT2D eigenvalue weighted by molar-refractivity contribution is 7.99. The zero-order valence-corrected chi connectivity index (χ0v) is 15.2. The largest absolute Gasteiger partial charge is 0.298 e. The number of thioether (sulfide) groups is 1. The van der Waals surface area contributed by atoms with Crippen molar-refractivity contribution in [3.63, 3.8) is 0 Å². The molecule has 0 N–H and O–H groups in total. The van der Waals surface area contributed by atoms with Crippen LogP contribution in [0.2, 0.25) is 0 Å². The first kappa shape index (κ1) is 16.3. The van der Waals surface area contributed by atoms with E-state index in [1.165, 1.54) is 6.07 Å². The second-order valence-corrected chi connectivity index (χ2v) is 8.25. The molecular formula is C17H16N4O2S2. The number of nitrogens with zero attached hydrogens (tertiary/aromatic N) is 4. The lowest BCUT2D eigenvalue weighted by molar-refractivity contribution is -0.384. The van der Waals surface area contributed by atoms with E-state index in [9.17, 15) is 10.1 Å². The van der Waals surface area contributed by atoms with Crippen molar-refractivity contribution in [2.24, 2.45) is 0 Å². The molecule has 0 unspecified atom stereocenters. The Bertz CT molecular complexity index is 903. The van der Waals surface area contributed by atoms with Crippen LogP contribution in [0.25, 0.3) is 10.7 Å². The predicted octanol–water partition coefficient (Wildman–Crippen LogP) is 5.10. The molecule has 0 saturated heterocycles. The number of thiophene rings is 1. The molecule has 0 radical (unpaired) electrons.